The molecule has 0 aliphatic heterocycles. The van der Waals surface area contributed by atoms with Gasteiger partial charge in [0.2, 0.25) is 0 Å². The Morgan fingerprint density at radius 1 is 1.40 bits per heavy atom. The van der Waals surface area contributed by atoms with E-state index >= 15 is 0 Å². The molecule has 0 aromatic carbocycles. The van der Waals surface area contributed by atoms with Crippen molar-refractivity contribution in [2.45, 2.75) is 26.2 Å². The van der Waals surface area contributed by atoms with Gasteiger partial charge in [0.25, 0.3) is 0 Å². The third-order valence-electron chi connectivity index (χ3n) is 1.83. The Labute approximate surface area is 89.7 Å². The molecule has 0 spiro atoms. The number of rotatable bonds is 3. The first-order valence-electron chi connectivity index (χ1n) is 4.93. The number of nitrogen functional groups attached to an aromatic ring is 1. The van der Waals surface area contributed by atoms with Crippen LogP contribution < -0.4 is 11.1 Å². The highest BCUT2D eigenvalue weighted by atomic mass is 16.3. The molecule has 1 aromatic rings. The summed E-state index contributed by atoms with van der Waals surface area (Å²) in [4.78, 5) is 8.51. The quantitative estimate of drug-likeness (QED) is 0.686. The molecule has 84 valence electrons. The van der Waals surface area contributed by atoms with Crippen LogP contribution in [0.2, 0.25) is 0 Å². The molecule has 0 radical (unpaired) electrons. The number of aromatic nitrogens is 2. The Bertz CT molecular complexity index is 333. The van der Waals surface area contributed by atoms with Crippen molar-refractivity contribution in [3.8, 4) is 0 Å². The van der Waals surface area contributed by atoms with E-state index in [9.17, 15) is 0 Å². The topological polar surface area (TPSA) is 84.1 Å². The lowest BCUT2D eigenvalue weighted by Crippen LogP contribution is -2.18. The molecule has 0 aliphatic rings. The summed E-state index contributed by atoms with van der Waals surface area (Å²) in [7, 11) is 0. The van der Waals surface area contributed by atoms with Gasteiger partial charge in [0.05, 0.1) is 6.61 Å². The average Bonchev–Trinajstić information content (AvgIpc) is 2.12. The number of aliphatic hydroxyl groups excluding tert-OH is 1. The molecule has 15 heavy (non-hydrogen) atoms. The minimum absolute atomic E-state index is 0.0642. The molecule has 0 unspecified atom stereocenters. The van der Waals surface area contributed by atoms with Crippen LogP contribution in [0.15, 0.2) is 6.07 Å². The van der Waals surface area contributed by atoms with Crippen LogP contribution in [-0.2, 0) is 5.41 Å². The van der Waals surface area contributed by atoms with Gasteiger partial charge in [-0.25, -0.2) is 9.97 Å². The molecule has 1 aromatic heterocycles. The molecule has 0 saturated heterocycles. The molecule has 5 heteroatoms. The molecule has 0 aliphatic carbocycles. The molecule has 0 fully saturated rings. The second kappa shape index (κ2) is 4.44. The van der Waals surface area contributed by atoms with E-state index in [0.29, 0.717) is 24.0 Å². The maximum Gasteiger partial charge on any atom is 0.138 e. The second-order valence-electron chi connectivity index (χ2n) is 4.40. The van der Waals surface area contributed by atoms with E-state index in [-0.39, 0.29) is 12.0 Å². The molecule has 0 amide bonds. The van der Waals surface area contributed by atoms with Gasteiger partial charge in [-0.15, -0.1) is 0 Å². The predicted molar refractivity (Wildman–Crippen MR) is 60.7 cm³/mol. The highest BCUT2D eigenvalue weighted by Gasteiger charge is 2.18. The maximum absolute atomic E-state index is 8.69. The van der Waals surface area contributed by atoms with Crippen LogP contribution in [0.4, 0.5) is 11.6 Å². The number of nitrogens with zero attached hydrogens (tertiary/aromatic N) is 2. The monoisotopic (exact) mass is 210 g/mol. The number of hydrogen-bond donors (Lipinski definition) is 3. The van der Waals surface area contributed by atoms with Crippen molar-refractivity contribution < 1.29 is 5.11 Å². The van der Waals surface area contributed by atoms with Gasteiger partial charge in [-0.05, 0) is 0 Å². The fraction of sp³-hybridized carbons (Fsp3) is 0.600. The normalized spacial score (nSPS) is 11.5. The first-order valence-corrected chi connectivity index (χ1v) is 4.93. The van der Waals surface area contributed by atoms with Crippen LogP contribution in [0, 0.1) is 0 Å². The standard InChI is InChI=1S/C10H18N4O/c1-10(2,3)9-13-7(11)6-8(14-9)12-4-5-15/h6,15H,4-5H2,1-3H3,(H3,11,12,13,14). The van der Waals surface area contributed by atoms with Gasteiger partial charge >= 0.3 is 0 Å². The Morgan fingerprint density at radius 3 is 2.60 bits per heavy atom. The van der Waals surface area contributed by atoms with Crippen molar-refractivity contribution >= 4 is 11.6 Å². The van der Waals surface area contributed by atoms with Gasteiger partial charge in [0.1, 0.15) is 17.5 Å². The Kier molecular flexibility index (Phi) is 3.47. The van der Waals surface area contributed by atoms with E-state index in [4.69, 9.17) is 10.8 Å². The van der Waals surface area contributed by atoms with Gasteiger partial charge in [-0.1, -0.05) is 20.8 Å². The lowest BCUT2D eigenvalue weighted by molar-refractivity contribution is 0.311. The summed E-state index contributed by atoms with van der Waals surface area (Å²) in [6.07, 6.45) is 0. The molecule has 1 rings (SSSR count). The van der Waals surface area contributed by atoms with Crippen LogP contribution in [0.5, 0.6) is 0 Å². The molecular weight excluding hydrogens is 192 g/mol. The van der Waals surface area contributed by atoms with E-state index in [2.05, 4.69) is 15.3 Å². The summed E-state index contributed by atoms with van der Waals surface area (Å²) in [5, 5.41) is 11.7. The summed E-state index contributed by atoms with van der Waals surface area (Å²) >= 11 is 0. The van der Waals surface area contributed by atoms with Gasteiger partial charge in [0.15, 0.2) is 0 Å². The zero-order chi connectivity index (χ0) is 11.5. The van der Waals surface area contributed by atoms with E-state index < -0.39 is 0 Å². The van der Waals surface area contributed by atoms with Crippen molar-refractivity contribution in [2.75, 3.05) is 24.2 Å². The number of hydrogen-bond acceptors (Lipinski definition) is 5. The third-order valence-corrected chi connectivity index (χ3v) is 1.83. The number of nitrogens with two attached hydrogens (primary N) is 1. The van der Waals surface area contributed by atoms with Gasteiger partial charge in [0, 0.05) is 18.0 Å². The van der Waals surface area contributed by atoms with E-state index in [1.807, 2.05) is 20.8 Å². The van der Waals surface area contributed by atoms with Crippen molar-refractivity contribution in [1.29, 1.82) is 0 Å². The summed E-state index contributed by atoms with van der Waals surface area (Å²) in [5.74, 6) is 1.79. The fourth-order valence-corrected chi connectivity index (χ4v) is 1.08. The fourth-order valence-electron chi connectivity index (χ4n) is 1.08. The largest absolute Gasteiger partial charge is 0.395 e. The highest BCUT2D eigenvalue weighted by molar-refractivity contribution is 5.45. The van der Waals surface area contributed by atoms with Gasteiger partial charge in [-0.2, -0.15) is 0 Å². The van der Waals surface area contributed by atoms with Crippen LogP contribution in [0.1, 0.15) is 26.6 Å². The van der Waals surface area contributed by atoms with Crippen molar-refractivity contribution in [1.82, 2.24) is 9.97 Å². The SMILES string of the molecule is CC(C)(C)c1nc(N)cc(NCCO)n1. The Morgan fingerprint density at radius 2 is 2.07 bits per heavy atom. The predicted octanol–water partition coefficient (Wildman–Crippen LogP) is 0.760. The van der Waals surface area contributed by atoms with E-state index in [1.54, 1.807) is 6.07 Å². The third kappa shape index (κ3) is 3.36. The minimum Gasteiger partial charge on any atom is -0.395 e. The summed E-state index contributed by atoms with van der Waals surface area (Å²) in [6.45, 7) is 6.60. The van der Waals surface area contributed by atoms with Crippen LogP contribution in [0.3, 0.4) is 0 Å². The lowest BCUT2D eigenvalue weighted by Gasteiger charge is -2.17. The van der Waals surface area contributed by atoms with Crippen LogP contribution in [0.25, 0.3) is 0 Å². The minimum atomic E-state index is -0.134. The summed E-state index contributed by atoms with van der Waals surface area (Å²) in [6, 6.07) is 1.66. The lowest BCUT2D eigenvalue weighted by atomic mass is 9.96. The Hall–Kier alpha value is -1.36. The van der Waals surface area contributed by atoms with Crippen molar-refractivity contribution in [3.05, 3.63) is 11.9 Å². The smallest absolute Gasteiger partial charge is 0.138 e. The second-order valence-corrected chi connectivity index (χ2v) is 4.40. The maximum atomic E-state index is 8.69. The van der Waals surface area contributed by atoms with Crippen LogP contribution >= 0.6 is 0 Å². The molecule has 5 nitrogen and oxygen atoms in total. The molecular formula is C10H18N4O. The number of aliphatic hydroxyl groups is 1. The first-order chi connectivity index (χ1) is 6.93. The van der Waals surface area contributed by atoms with E-state index in [0.717, 1.165) is 0 Å². The average molecular weight is 210 g/mol. The number of nitrogens with one attached hydrogen (secondary N) is 1. The molecule has 0 atom stereocenters. The Balaban J connectivity index is 2.95. The highest BCUT2D eigenvalue weighted by Crippen LogP contribution is 2.20. The van der Waals surface area contributed by atoms with Gasteiger partial charge < -0.3 is 16.2 Å². The molecule has 0 bridgehead atoms. The summed E-state index contributed by atoms with van der Waals surface area (Å²) in [5.41, 5.74) is 5.54. The molecule has 4 N–H and O–H groups in total. The van der Waals surface area contributed by atoms with Crippen LogP contribution in [-0.4, -0.2) is 28.2 Å². The first kappa shape index (κ1) is 11.7. The van der Waals surface area contributed by atoms with Crippen molar-refractivity contribution in [3.63, 3.8) is 0 Å². The summed E-state index contributed by atoms with van der Waals surface area (Å²) < 4.78 is 0. The zero-order valence-electron chi connectivity index (χ0n) is 9.41. The molecule has 0 saturated carbocycles. The molecule has 1 heterocycles. The van der Waals surface area contributed by atoms with Crippen molar-refractivity contribution in [2.24, 2.45) is 0 Å². The number of anilines is 2. The van der Waals surface area contributed by atoms with E-state index in [1.165, 1.54) is 0 Å². The van der Waals surface area contributed by atoms with Gasteiger partial charge in [-0.3, -0.25) is 0 Å². The zero-order valence-corrected chi connectivity index (χ0v) is 9.41.